The smallest absolute Gasteiger partial charge is 0.251 e. The van der Waals surface area contributed by atoms with Gasteiger partial charge in [0.15, 0.2) is 0 Å². The summed E-state index contributed by atoms with van der Waals surface area (Å²) in [5.74, 6) is 1.51. The fraction of sp³-hybridized carbons (Fsp3) is 0.364. The number of rotatable bonds is 7. The largest absolute Gasteiger partial charge is 0.497 e. The second-order valence-electron chi connectivity index (χ2n) is 7.11. The maximum Gasteiger partial charge on any atom is 0.251 e. The van der Waals surface area contributed by atoms with Crippen LogP contribution in [0.3, 0.4) is 0 Å². The van der Waals surface area contributed by atoms with Gasteiger partial charge in [0, 0.05) is 36.8 Å². The van der Waals surface area contributed by atoms with Crippen LogP contribution < -0.4 is 10.1 Å². The molecule has 7 nitrogen and oxygen atoms in total. The summed E-state index contributed by atoms with van der Waals surface area (Å²) < 4.78 is 10.6. The highest BCUT2D eigenvalue weighted by Gasteiger charge is 2.11. The second kappa shape index (κ2) is 9.07. The van der Waals surface area contributed by atoms with Crippen LogP contribution in [0.5, 0.6) is 5.75 Å². The second-order valence-corrected chi connectivity index (χ2v) is 7.11. The maximum atomic E-state index is 12.4. The molecule has 152 valence electrons. The topological polar surface area (TPSA) is 79.5 Å². The Morgan fingerprint density at radius 1 is 1.21 bits per heavy atom. The number of fused-ring (bicyclic) bond motifs is 1. The third-order valence-corrected chi connectivity index (χ3v) is 5.15. The molecule has 0 radical (unpaired) electrons. The van der Waals surface area contributed by atoms with Crippen molar-refractivity contribution in [1.82, 2.24) is 20.2 Å². The molecule has 2 heterocycles. The van der Waals surface area contributed by atoms with Crippen molar-refractivity contribution in [3.8, 4) is 17.1 Å². The molecule has 1 aliphatic heterocycles. The van der Waals surface area contributed by atoms with Crippen LogP contribution in [-0.2, 0) is 4.74 Å². The average Bonchev–Trinajstić information content (AvgIpc) is 3.20. The maximum absolute atomic E-state index is 12.4. The number of aromatic amines is 1. The molecule has 29 heavy (non-hydrogen) atoms. The Morgan fingerprint density at radius 3 is 2.76 bits per heavy atom. The summed E-state index contributed by atoms with van der Waals surface area (Å²) in [7, 11) is 1.64. The molecular weight excluding hydrogens is 368 g/mol. The van der Waals surface area contributed by atoms with Crippen molar-refractivity contribution in [2.24, 2.45) is 0 Å². The fourth-order valence-corrected chi connectivity index (χ4v) is 3.46. The number of nitrogens with zero attached hydrogens (tertiary/aromatic N) is 2. The highest BCUT2D eigenvalue weighted by atomic mass is 16.5. The first-order valence-electron chi connectivity index (χ1n) is 9.95. The molecule has 2 N–H and O–H groups in total. The Balaban J connectivity index is 1.33. The van der Waals surface area contributed by atoms with Crippen LogP contribution in [0.1, 0.15) is 16.8 Å². The van der Waals surface area contributed by atoms with Crippen LogP contribution in [0.25, 0.3) is 22.4 Å². The lowest BCUT2D eigenvalue weighted by molar-refractivity contribution is 0.0374. The minimum absolute atomic E-state index is 0.0483. The van der Waals surface area contributed by atoms with Gasteiger partial charge in [-0.2, -0.15) is 0 Å². The number of H-pyrrole nitrogens is 1. The lowest BCUT2D eigenvalue weighted by atomic mass is 10.1. The molecule has 0 bridgehead atoms. The molecule has 1 fully saturated rings. The Morgan fingerprint density at radius 2 is 2.00 bits per heavy atom. The number of methoxy groups -OCH3 is 1. The Labute approximate surface area is 170 Å². The van der Waals surface area contributed by atoms with E-state index in [1.54, 1.807) is 7.11 Å². The summed E-state index contributed by atoms with van der Waals surface area (Å²) in [6.07, 6.45) is 0.937. The summed E-state index contributed by atoms with van der Waals surface area (Å²) >= 11 is 0. The molecule has 0 spiro atoms. The van der Waals surface area contributed by atoms with Crippen molar-refractivity contribution in [1.29, 1.82) is 0 Å². The SMILES string of the molecule is COc1ccc2nc(-c3ccc(C(=O)NCCCN4CCOCC4)cc3)[nH]c2c1. The van der Waals surface area contributed by atoms with Gasteiger partial charge in [-0.1, -0.05) is 12.1 Å². The average molecular weight is 394 g/mol. The fourth-order valence-electron chi connectivity index (χ4n) is 3.46. The summed E-state index contributed by atoms with van der Waals surface area (Å²) in [5.41, 5.74) is 3.38. The summed E-state index contributed by atoms with van der Waals surface area (Å²) in [4.78, 5) is 22.7. The van der Waals surface area contributed by atoms with E-state index in [2.05, 4.69) is 20.2 Å². The van der Waals surface area contributed by atoms with Crippen LogP contribution in [0, 0.1) is 0 Å². The monoisotopic (exact) mass is 394 g/mol. The van der Waals surface area contributed by atoms with E-state index in [0.29, 0.717) is 12.1 Å². The summed E-state index contributed by atoms with van der Waals surface area (Å²) in [5, 5.41) is 3.00. The molecule has 1 saturated heterocycles. The number of carbonyl (C=O) groups is 1. The molecule has 0 unspecified atom stereocenters. The molecule has 7 heteroatoms. The summed E-state index contributed by atoms with van der Waals surface area (Å²) in [6.45, 7) is 5.21. The van der Waals surface area contributed by atoms with E-state index in [0.717, 1.165) is 67.4 Å². The highest BCUT2D eigenvalue weighted by molar-refractivity contribution is 5.94. The minimum atomic E-state index is -0.0483. The minimum Gasteiger partial charge on any atom is -0.497 e. The number of carbonyl (C=O) groups excluding carboxylic acids is 1. The predicted molar refractivity (Wildman–Crippen MR) is 112 cm³/mol. The van der Waals surface area contributed by atoms with Crippen molar-refractivity contribution < 1.29 is 14.3 Å². The number of hydrogen-bond acceptors (Lipinski definition) is 5. The zero-order valence-corrected chi connectivity index (χ0v) is 16.6. The van der Waals surface area contributed by atoms with Gasteiger partial charge in [0.2, 0.25) is 0 Å². The van der Waals surface area contributed by atoms with Gasteiger partial charge >= 0.3 is 0 Å². The van der Waals surface area contributed by atoms with E-state index in [1.165, 1.54) is 0 Å². The highest BCUT2D eigenvalue weighted by Crippen LogP contribution is 2.24. The molecule has 1 amide bonds. The molecule has 4 rings (SSSR count). The summed E-state index contributed by atoms with van der Waals surface area (Å²) in [6, 6.07) is 13.2. The first-order valence-corrected chi connectivity index (χ1v) is 9.95. The van der Waals surface area contributed by atoms with Gasteiger partial charge in [0.05, 0.1) is 31.4 Å². The standard InChI is InChI=1S/C22H26N4O3/c1-28-18-7-8-19-20(15-18)25-21(24-19)16-3-5-17(6-4-16)22(27)23-9-2-10-26-11-13-29-14-12-26/h3-8,15H,2,9-14H2,1H3,(H,23,27)(H,24,25). The Kier molecular flexibility index (Phi) is 6.07. The Hall–Kier alpha value is -2.90. The number of benzene rings is 2. The van der Waals surface area contributed by atoms with Crippen LogP contribution in [0.4, 0.5) is 0 Å². The van der Waals surface area contributed by atoms with Gasteiger partial charge in [-0.25, -0.2) is 4.98 Å². The number of aromatic nitrogens is 2. The first kappa shape index (κ1) is 19.4. The predicted octanol–water partition coefficient (Wildman–Crippen LogP) is 2.69. The molecular formula is C22H26N4O3. The number of nitrogens with one attached hydrogen (secondary N) is 2. The van der Waals surface area contributed by atoms with Crippen molar-refractivity contribution in [2.75, 3.05) is 46.5 Å². The third kappa shape index (κ3) is 4.75. The Bertz CT molecular complexity index is 962. The number of morpholine rings is 1. The van der Waals surface area contributed by atoms with Gasteiger partial charge in [-0.15, -0.1) is 0 Å². The number of ether oxygens (including phenoxy) is 2. The first-order chi connectivity index (χ1) is 14.2. The lowest BCUT2D eigenvalue weighted by Gasteiger charge is -2.26. The quantitative estimate of drug-likeness (QED) is 0.603. The normalized spacial score (nSPS) is 14.8. The van der Waals surface area contributed by atoms with E-state index in [4.69, 9.17) is 9.47 Å². The van der Waals surface area contributed by atoms with E-state index >= 15 is 0 Å². The number of hydrogen-bond donors (Lipinski definition) is 2. The van der Waals surface area contributed by atoms with Crippen LogP contribution in [-0.4, -0.2) is 67.3 Å². The van der Waals surface area contributed by atoms with Crippen LogP contribution >= 0.6 is 0 Å². The molecule has 0 aliphatic carbocycles. The van der Waals surface area contributed by atoms with Crippen molar-refractivity contribution in [3.63, 3.8) is 0 Å². The van der Waals surface area contributed by atoms with E-state index in [9.17, 15) is 4.79 Å². The lowest BCUT2D eigenvalue weighted by Crippen LogP contribution is -2.38. The molecule has 2 aromatic carbocycles. The van der Waals surface area contributed by atoms with Gasteiger partial charge in [0.25, 0.3) is 5.91 Å². The van der Waals surface area contributed by atoms with Gasteiger partial charge in [-0.3, -0.25) is 9.69 Å². The van der Waals surface area contributed by atoms with Crippen molar-refractivity contribution >= 4 is 16.9 Å². The molecule has 1 aromatic heterocycles. The third-order valence-electron chi connectivity index (χ3n) is 5.15. The van der Waals surface area contributed by atoms with Crippen molar-refractivity contribution in [2.45, 2.75) is 6.42 Å². The van der Waals surface area contributed by atoms with Crippen molar-refractivity contribution in [3.05, 3.63) is 48.0 Å². The molecule has 0 atom stereocenters. The van der Waals surface area contributed by atoms with Gasteiger partial charge < -0.3 is 19.8 Å². The van der Waals surface area contributed by atoms with Gasteiger partial charge in [0.1, 0.15) is 11.6 Å². The van der Waals surface area contributed by atoms with E-state index < -0.39 is 0 Å². The molecule has 3 aromatic rings. The van der Waals surface area contributed by atoms with E-state index in [-0.39, 0.29) is 5.91 Å². The van der Waals surface area contributed by atoms with Crippen LogP contribution in [0.2, 0.25) is 0 Å². The number of imidazole rings is 1. The van der Waals surface area contributed by atoms with Crippen LogP contribution in [0.15, 0.2) is 42.5 Å². The zero-order valence-electron chi connectivity index (χ0n) is 16.6. The zero-order chi connectivity index (χ0) is 20.1. The molecule has 1 aliphatic rings. The van der Waals surface area contributed by atoms with Gasteiger partial charge in [-0.05, 0) is 37.2 Å². The molecule has 0 saturated carbocycles. The number of amides is 1. The van der Waals surface area contributed by atoms with E-state index in [1.807, 2.05) is 42.5 Å².